The van der Waals surface area contributed by atoms with Crippen LogP contribution in [0.4, 0.5) is 0 Å². The molecule has 1 atom stereocenters. The van der Waals surface area contributed by atoms with Crippen LogP contribution in [-0.4, -0.2) is 58.3 Å². The minimum atomic E-state index is -3.96. The van der Waals surface area contributed by atoms with E-state index in [1.54, 1.807) is 0 Å². The minimum Gasteiger partial charge on any atom is -0.476 e. The monoisotopic (exact) mass is 289 g/mol. The maximum atomic E-state index is 12.4. The van der Waals surface area contributed by atoms with Crippen LogP contribution in [0.1, 0.15) is 29.0 Å². The van der Waals surface area contributed by atoms with Crippen molar-refractivity contribution in [2.75, 3.05) is 13.1 Å². The van der Waals surface area contributed by atoms with Crippen molar-refractivity contribution in [2.45, 2.75) is 30.8 Å². The Morgan fingerprint density at radius 2 is 2.21 bits per heavy atom. The van der Waals surface area contributed by atoms with Crippen molar-refractivity contribution < 1.29 is 23.4 Å². The maximum Gasteiger partial charge on any atom is 0.357 e. The topological polar surface area (TPSA) is 124 Å². The molecule has 1 unspecified atom stereocenters. The number of hydrogen-bond donors (Lipinski definition) is 3. The zero-order chi connectivity index (χ0) is 14.2. The Hall–Kier alpha value is -1.45. The summed E-state index contributed by atoms with van der Waals surface area (Å²) >= 11 is 0. The molecular formula is C10H15N3O5S. The number of piperidine rings is 1. The number of aromatic carboxylic acids is 1. The second kappa shape index (κ2) is 4.91. The van der Waals surface area contributed by atoms with Crippen LogP contribution in [-0.2, 0) is 10.0 Å². The molecule has 2 rings (SSSR count). The van der Waals surface area contributed by atoms with Gasteiger partial charge in [-0.25, -0.2) is 13.2 Å². The Bertz CT molecular complexity index is 594. The molecule has 2 heterocycles. The van der Waals surface area contributed by atoms with Crippen molar-refractivity contribution in [2.24, 2.45) is 0 Å². The van der Waals surface area contributed by atoms with Gasteiger partial charge in [-0.2, -0.15) is 9.40 Å². The van der Waals surface area contributed by atoms with Crippen LogP contribution >= 0.6 is 0 Å². The van der Waals surface area contributed by atoms with Crippen molar-refractivity contribution in [1.82, 2.24) is 14.5 Å². The third-order valence-electron chi connectivity index (χ3n) is 3.05. The lowest BCUT2D eigenvalue weighted by Gasteiger charge is -2.29. The SMILES string of the molecule is Cc1[nH]nc(C(=O)O)c1S(=O)(=O)N1CCCC(O)C1. The van der Waals surface area contributed by atoms with E-state index in [4.69, 9.17) is 5.11 Å². The van der Waals surface area contributed by atoms with Gasteiger partial charge in [0, 0.05) is 13.1 Å². The van der Waals surface area contributed by atoms with E-state index < -0.39 is 27.8 Å². The molecular weight excluding hydrogens is 274 g/mol. The Balaban J connectivity index is 2.45. The van der Waals surface area contributed by atoms with Gasteiger partial charge in [-0.1, -0.05) is 0 Å². The standard InChI is InChI=1S/C10H15N3O5S/c1-6-9(8(10(15)16)12-11-6)19(17,18)13-4-2-3-7(14)5-13/h7,14H,2-5H2,1H3,(H,11,12)(H,15,16). The molecule has 0 aromatic carbocycles. The number of aliphatic hydroxyl groups excluding tert-OH is 1. The second-order valence-electron chi connectivity index (χ2n) is 4.49. The Labute approximate surface area is 110 Å². The molecule has 1 aliphatic heterocycles. The fraction of sp³-hybridized carbons (Fsp3) is 0.600. The molecule has 3 N–H and O–H groups in total. The van der Waals surface area contributed by atoms with Gasteiger partial charge >= 0.3 is 5.97 Å². The van der Waals surface area contributed by atoms with E-state index in [-0.39, 0.29) is 23.7 Å². The van der Waals surface area contributed by atoms with Gasteiger partial charge in [0.15, 0.2) is 5.69 Å². The Kier molecular flexibility index (Phi) is 3.61. The number of carboxylic acid groups (broad SMARTS) is 1. The second-order valence-corrected chi connectivity index (χ2v) is 6.37. The number of sulfonamides is 1. The summed E-state index contributed by atoms with van der Waals surface area (Å²) in [7, 11) is -3.96. The number of H-pyrrole nitrogens is 1. The first-order valence-electron chi connectivity index (χ1n) is 5.80. The molecule has 106 valence electrons. The van der Waals surface area contributed by atoms with E-state index in [0.717, 1.165) is 4.31 Å². The fourth-order valence-corrected chi connectivity index (χ4v) is 3.95. The summed E-state index contributed by atoms with van der Waals surface area (Å²) in [6.45, 7) is 1.70. The molecule has 1 saturated heterocycles. The van der Waals surface area contributed by atoms with Gasteiger partial charge in [-0.15, -0.1) is 0 Å². The van der Waals surface area contributed by atoms with Crippen molar-refractivity contribution in [3.05, 3.63) is 11.4 Å². The zero-order valence-corrected chi connectivity index (χ0v) is 11.1. The smallest absolute Gasteiger partial charge is 0.357 e. The lowest BCUT2D eigenvalue weighted by Crippen LogP contribution is -2.42. The molecule has 9 heteroatoms. The van der Waals surface area contributed by atoms with Gasteiger partial charge in [0.1, 0.15) is 4.90 Å². The van der Waals surface area contributed by atoms with Gasteiger partial charge in [0.05, 0.1) is 11.8 Å². The third kappa shape index (κ3) is 2.48. The van der Waals surface area contributed by atoms with Crippen LogP contribution in [0.5, 0.6) is 0 Å². The summed E-state index contributed by atoms with van der Waals surface area (Å²) in [5.41, 5.74) is -0.338. The highest BCUT2D eigenvalue weighted by molar-refractivity contribution is 7.89. The number of carbonyl (C=O) groups is 1. The number of aliphatic hydroxyl groups is 1. The molecule has 19 heavy (non-hydrogen) atoms. The van der Waals surface area contributed by atoms with Crippen molar-refractivity contribution in [3.8, 4) is 0 Å². The largest absolute Gasteiger partial charge is 0.476 e. The predicted octanol–water partition coefficient (Wildman–Crippen LogP) is -0.438. The number of aromatic amines is 1. The van der Waals surface area contributed by atoms with Crippen molar-refractivity contribution >= 4 is 16.0 Å². The quantitative estimate of drug-likeness (QED) is 0.693. The first-order valence-corrected chi connectivity index (χ1v) is 7.24. The highest BCUT2D eigenvalue weighted by Crippen LogP contribution is 2.25. The summed E-state index contributed by atoms with van der Waals surface area (Å²) in [6, 6.07) is 0. The predicted molar refractivity (Wildman–Crippen MR) is 64.3 cm³/mol. The van der Waals surface area contributed by atoms with Gasteiger partial charge in [-0.05, 0) is 19.8 Å². The first kappa shape index (κ1) is 14.0. The van der Waals surface area contributed by atoms with E-state index >= 15 is 0 Å². The van der Waals surface area contributed by atoms with Crippen molar-refractivity contribution in [3.63, 3.8) is 0 Å². The fourth-order valence-electron chi connectivity index (χ4n) is 2.15. The summed E-state index contributed by atoms with van der Waals surface area (Å²) < 4.78 is 26.0. The molecule has 0 bridgehead atoms. The molecule has 0 radical (unpaired) electrons. The van der Waals surface area contributed by atoms with Crippen LogP contribution in [0.3, 0.4) is 0 Å². The molecule has 1 aromatic heterocycles. The van der Waals surface area contributed by atoms with E-state index in [2.05, 4.69) is 10.2 Å². The van der Waals surface area contributed by atoms with Crippen LogP contribution in [0, 0.1) is 6.92 Å². The van der Waals surface area contributed by atoms with Crippen LogP contribution in [0.25, 0.3) is 0 Å². The molecule has 1 aromatic rings. The van der Waals surface area contributed by atoms with Gasteiger partial charge in [0.2, 0.25) is 10.0 Å². The summed E-state index contributed by atoms with van der Waals surface area (Å²) in [5, 5.41) is 24.4. The van der Waals surface area contributed by atoms with Crippen LogP contribution in [0.2, 0.25) is 0 Å². The van der Waals surface area contributed by atoms with Crippen molar-refractivity contribution in [1.29, 1.82) is 0 Å². The molecule has 0 amide bonds. The normalized spacial score (nSPS) is 21.5. The van der Waals surface area contributed by atoms with Gasteiger partial charge in [0.25, 0.3) is 0 Å². The minimum absolute atomic E-state index is 0.0218. The number of rotatable bonds is 3. The van der Waals surface area contributed by atoms with E-state index in [0.29, 0.717) is 12.8 Å². The number of hydrogen-bond acceptors (Lipinski definition) is 5. The summed E-state index contributed by atoms with van der Waals surface area (Å²) in [4.78, 5) is 10.7. The lowest BCUT2D eigenvalue weighted by atomic mass is 10.1. The molecule has 0 aliphatic carbocycles. The zero-order valence-electron chi connectivity index (χ0n) is 10.3. The molecule has 1 aliphatic rings. The van der Waals surface area contributed by atoms with E-state index in [9.17, 15) is 18.3 Å². The first-order chi connectivity index (χ1) is 8.84. The third-order valence-corrected chi connectivity index (χ3v) is 5.08. The molecule has 1 fully saturated rings. The van der Waals surface area contributed by atoms with E-state index in [1.807, 2.05) is 0 Å². The highest BCUT2D eigenvalue weighted by atomic mass is 32.2. The number of nitrogens with one attached hydrogen (secondary N) is 1. The highest BCUT2D eigenvalue weighted by Gasteiger charge is 2.35. The lowest BCUT2D eigenvalue weighted by molar-refractivity contribution is 0.0685. The van der Waals surface area contributed by atoms with Crippen LogP contribution in [0.15, 0.2) is 4.90 Å². The molecule has 0 saturated carbocycles. The van der Waals surface area contributed by atoms with Gasteiger partial charge < -0.3 is 10.2 Å². The molecule has 0 spiro atoms. The average molecular weight is 289 g/mol. The number of carboxylic acids is 1. The number of nitrogens with zero attached hydrogens (tertiary/aromatic N) is 2. The van der Waals surface area contributed by atoms with E-state index in [1.165, 1.54) is 6.92 Å². The number of aryl methyl sites for hydroxylation is 1. The molecule has 8 nitrogen and oxygen atoms in total. The maximum absolute atomic E-state index is 12.4. The Morgan fingerprint density at radius 3 is 2.79 bits per heavy atom. The number of β-amino-alcohol motifs (C(OH)–C–C–N with tert-alkyl or cyclic N) is 1. The summed E-state index contributed by atoms with van der Waals surface area (Å²) in [6.07, 6.45) is 0.367. The Morgan fingerprint density at radius 1 is 1.53 bits per heavy atom. The van der Waals surface area contributed by atoms with Crippen LogP contribution < -0.4 is 0 Å². The summed E-state index contributed by atoms with van der Waals surface area (Å²) in [5.74, 6) is -1.40. The van der Waals surface area contributed by atoms with Gasteiger partial charge in [-0.3, -0.25) is 5.10 Å². The number of aromatic nitrogens is 2. The average Bonchev–Trinajstić information content (AvgIpc) is 2.72.